The zero-order valence-corrected chi connectivity index (χ0v) is 15.0. The van der Waals surface area contributed by atoms with Gasteiger partial charge in [-0.3, -0.25) is 9.78 Å². The second-order valence-electron chi connectivity index (χ2n) is 5.25. The second-order valence-corrected chi connectivity index (χ2v) is 6.04. The zero-order valence-electron chi connectivity index (χ0n) is 13.5. The fraction of sp³-hybridized carbons (Fsp3) is 0. The molecule has 2 N–H and O–H groups in total. The molecule has 1 heterocycles. The van der Waals surface area contributed by atoms with Crippen LogP contribution in [0.5, 0.6) is 0 Å². The molecule has 0 radical (unpaired) electrons. The molecule has 0 bridgehead atoms. The summed E-state index contributed by atoms with van der Waals surface area (Å²) in [5, 5.41) is 12.8. The molecule has 9 heteroatoms. The first-order valence-electron chi connectivity index (χ1n) is 7.53. The molecule has 27 heavy (non-hydrogen) atoms. The SMILES string of the molecule is N#Cc1c(-c2ccccc2)nc(NN=Cc2ccc(Cl)c(F)c2Cl)[nH]c1=O. The smallest absolute Gasteiger partial charge is 0.270 e. The molecule has 0 saturated carbocycles. The maximum absolute atomic E-state index is 13.7. The van der Waals surface area contributed by atoms with Crippen molar-refractivity contribution in [2.45, 2.75) is 0 Å². The number of aromatic nitrogens is 2. The molecule has 0 fully saturated rings. The number of anilines is 1. The van der Waals surface area contributed by atoms with Crippen LogP contribution >= 0.6 is 23.2 Å². The minimum atomic E-state index is -0.751. The fourth-order valence-corrected chi connectivity index (χ4v) is 2.66. The van der Waals surface area contributed by atoms with Crippen LogP contribution in [-0.4, -0.2) is 16.2 Å². The van der Waals surface area contributed by atoms with Gasteiger partial charge in [-0.2, -0.15) is 10.4 Å². The van der Waals surface area contributed by atoms with Crippen molar-refractivity contribution >= 4 is 35.4 Å². The highest BCUT2D eigenvalue weighted by Crippen LogP contribution is 2.25. The number of benzene rings is 2. The molecule has 1 aromatic heterocycles. The van der Waals surface area contributed by atoms with E-state index in [4.69, 9.17) is 23.2 Å². The van der Waals surface area contributed by atoms with Crippen molar-refractivity contribution in [2.75, 3.05) is 5.43 Å². The Kier molecular flexibility index (Phi) is 5.50. The summed E-state index contributed by atoms with van der Waals surface area (Å²) in [6.45, 7) is 0. The number of aromatic amines is 1. The molecule has 134 valence electrons. The highest BCUT2D eigenvalue weighted by molar-refractivity contribution is 6.36. The fourth-order valence-electron chi connectivity index (χ4n) is 2.24. The summed E-state index contributed by atoms with van der Waals surface area (Å²) >= 11 is 11.5. The van der Waals surface area contributed by atoms with Gasteiger partial charge in [-0.15, -0.1) is 0 Å². The average molecular weight is 402 g/mol. The zero-order chi connectivity index (χ0) is 19.4. The number of halogens is 3. The van der Waals surface area contributed by atoms with Crippen LogP contribution in [0.3, 0.4) is 0 Å². The van der Waals surface area contributed by atoms with E-state index in [9.17, 15) is 14.4 Å². The minimum absolute atomic E-state index is 0.0136. The number of hydrazone groups is 1. The number of hydrogen-bond donors (Lipinski definition) is 2. The molecule has 6 nitrogen and oxygen atoms in total. The van der Waals surface area contributed by atoms with Crippen LogP contribution in [0.4, 0.5) is 10.3 Å². The topological polar surface area (TPSA) is 93.9 Å². The summed E-state index contributed by atoms with van der Waals surface area (Å²) in [6.07, 6.45) is 1.25. The maximum Gasteiger partial charge on any atom is 0.270 e. The molecule has 0 spiro atoms. The molecule has 0 aliphatic heterocycles. The van der Waals surface area contributed by atoms with Gasteiger partial charge in [0.15, 0.2) is 5.82 Å². The van der Waals surface area contributed by atoms with Crippen LogP contribution in [0.1, 0.15) is 11.1 Å². The molecule has 0 aliphatic carbocycles. The summed E-state index contributed by atoms with van der Waals surface area (Å²) in [4.78, 5) is 18.8. The monoisotopic (exact) mass is 401 g/mol. The van der Waals surface area contributed by atoms with E-state index in [2.05, 4.69) is 20.5 Å². The lowest BCUT2D eigenvalue weighted by Gasteiger charge is -2.06. The van der Waals surface area contributed by atoms with Gasteiger partial charge in [-0.1, -0.05) is 59.6 Å². The van der Waals surface area contributed by atoms with E-state index in [1.165, 1.54) is 18.3 Å². The van der Waals surface area contributed by atoms with Gasteiger partial charge in [0.05, 0.1) is 22.0 Å². The van der Waals surface area contributed by atoms with Crippen LogP contribution in [0.25, 0.3) is 11.3 Å². The quantitative estimate of drug-likeness (QED) is 0.389. The van der Waals surface area contributed by atoms with E-state index in [1.54, 1.807) is 30.3 Å². The first kappa shape index (κ1) is 18.6. The third-order valence-corrected chi connectivity index (χ3v) is 4.19. The van der Waals surface area contributed by atoms with Gasteiger partial charge in [0, 0.05) is 11.1 Å². The standard InChI is InChI=1S/C18H10Cl2FN5O/c19-13-7-6-11(14(20)15(13)21)9-23-26-18-24-16(10-4-2-1-3-5-10)12(8-22)17(27)25-18/h1-7,9H,(H2,24,25,26,27). The predicted octanol–water partition coefficient (Wildman–Crippen LogP) is 4.20. The molecular weight excluding hydrogens is 392 g/mol. The van der Waals surface area contributed by atoms with Crippen molar-refractivity contribution in [3.63, 3.8) is 0 Å². The Labute approximate surface area is 162 Å². The van der Waals surface area contributed by atoms with E-state index >= 15 is 0 Å². The van der Waals surface area contributed by atoms with E-state index in [-0.39, 0.29) is 32.8 Å². The number of rotatable bonds is 4. The minimum Gasteiger partial charge on any atom is -0.290 e. The highest BCUT2D eigenvalue weighted by Gasteiger charge is 2.13. The summed E-state index contributed by atoms with van der Waals surface area (Å²) in [7, 11) is 0. The van der Waals surface area contributed by atoms with E-state index < -0.39 is 11.4 Å². The van der Waals surface area contributed by atoms with Gasteiger partial charge >= 0.3 is 0 Å². The molecule has 2 aromatic carbocycles. The normalized spacial score (nSPS) is 10.7. The first-order valence-corrected chi connectivity index (χ1v) is 8.29. The Morgan fingerprint density at radius 3 is 2.67 bits per heavy atom. The summed E-state index contributed by atoms with van der Waals surface area (Å²) < 4.78 is 13.7. The summed E-state index contributed by atoms with van der Waals surface area (Å²) in [5.74, 6) is -0.738. The van der Waals surface area contributed by atoms with Gasteiger partial charge in [0.2, 0.25) is 5.95 Å². The van der Waals surface area contributed by atoms with Crippen LogP contribution in [-0.2, 0) is 0 Å². The number of nitrogens with one attached hydrogen (secondary N) is 2. The lowest BCUT2D eigenvalue weighted by atomic mass is 10.1. The Balaban J connectivity index is 1.93. The molecule has 3 rings (SSSR count). The molecule has 0 atom stereocenters. The van der Waals surface area contributed by atoms with Crippen molar-refractivity contribution in [3.8, 4) is 17.3 Å². The number of hydrogen-bond acceptors (Lipinski definition) is 5. The summed E-state index contributed by atoms with van der Waals surface area (Å²) in [6, 6.07) is 13.5. The van der Waals surface area contributed by atoms with Crippen molar-refractivity contribution in [2.24, 2.45) is 5.10 Å². The van der Waals surface area contributed by atoms with Gasteiger partial charge in [0.1, 0.15) is 11.6 Å². The molecular formula is C18H10Cl2FN5O. The number of nitrogens with zero attached hydrogens (tertiary/aromatic N) is 3. The number of nitriles is 1. The lowest BCUT2D eigenvalue weighted by Crippen LogP contribution is -2.16. The molecule has 0 unspecified atom stereocenters. The van der Waals surface area contributed by atoms with Gasteiger partial charge in [-0.05, 0) is 6.07 Å². The van der Waals surface area contributed by atoms with Crippen LogP contribution in [0.15, 0.2) is 52.4 Å². The van der Waals surface area contributed by atoms with Crippen LogP contribution < -0.4 is 11.0 Å². The third-order valence-electron chi connectivity index (χ3n) is 3.52. The molecule has 0 aliphatic rings. The van der Waals surface area contributed by atoms with E-state index in [0.29, 0.717) is 5.56 Å². The lowest BCUT2D eigenvalue weighted by molar-refractivity contribution is 0.628. The Morgan fingerprint density at radius 1 is 1.22 bits per heavy atom. The van der Waals surface area contributed by atoms with Crippen molar-refractivity contribution in [1.82, 2.24) is 9.97 Å². The van der Waals surface area contributed by atoms with Crippen molar-refractivity contribution in [3.05, 3.63) is 79.8 Å². The third kappa shape index (κ3) is 3.97. The van der Waals surface area contributed by atoms with Crippen LogP contribution in [0.2, 0.25) is 10.0 Å². The number of H-pyrrole nitrogens is 1. The average Bonchev–Trinajstić information content (AvgIpc) is 2.68. The Hall–Kier alpha value is -3.21. The van der Waals surface area contributed by atoms with E-state index in [1.807, 2.05) is 6.07 Å². The molecule has 3 aromatic rings. The molecule has 0 saturated heterocycles. The second kappa shape index (κ2) is 7.99. The van der Waals surface area contributed by atoms with Crippen molar-refractivity contribution < 1.29 is 4.39 Å². The predicted molar refractivity (Wildman–Crippen MR) is 103 cm³/mol. The van der Waals surface area contributed by atoms with Gasteiger partial charge in [0.25, 0.3) is 5.56 Å². The summed E-state index contributed by atoms with van der Waals surface area (Å²) in [5.41, 5.74) is 2.92. The van der Waals surface area contributed by atoms with E-state index in [0.717, 1.165) is 0 Å². The van der Waals surface area contributed by atoms with Crippen molar-refractivity contribution in [1.29, 1.82) is 5.26 Å². The highest BCUT2D eigenvalue weighted by atomic mass is 35.5. The molecule has 0 amide bonds. The maximum atomic E-state index is 13.7. The Bertz CT molecular complexity index is 1120. The van der Waals surface area contributed by atoms with Crippen LogP contribution in [0, 0.1) is 17.1 Å². The largest absolute Gasteiger partial charge is 0.290 e. The van der Waals surface area contributed by atoms with Gasteiger partial charge in [-0.25, -0.2) is 14.8 Å². The first-order chi connectivity index (χ1) is 13.0. The van der Waals surface area contributed by atoms with Gasteiger partial charge < -0.3 is 0 Å². The Morgan fingerprint density at radius 2 is 1.96 bits per heavy atom.